The van der Waals surface area contributed by atoms with Crippen LogP contribution in [0.15, 0.2) is 48.5 Å². The minimum atomic E-state index is -1.95. The highest BCUT2D eigenvalue weighted by Gasteiger charge is 2.25. The summed E-state index contributed by atoms with van der Waals surface area (Å²) in [7, 11) is 17.4. The average molecular weight is 382 g/mol. The molecule has 2 aromatic carbocycles. The zero-order valence-corrected chi connectivity index (χ0v) is 15.1. The standard InChI is InChI=1S/C19H13B3N2O5/c20-19(21,22)17-13-8-11(29-10-4-2-1-3-5-10)6-7-12(13)16(27)15(24-17)18(28)23-9-14(25)26/h1-8,27H,9H2,(H,23,28)(H,25,26). The van der Waals surface area contributed by atoms with Crippen LogP contribution < -0.4 is 10.1 Å². The first kappa shape index (κ1) is 20.3. The molecule has 7 nitrogen and oxygen atoms in total. The fraction of sp³-hybridized carbons (Fsp3) is 0.105. The molecular formula is C19H13B3N2O5. The van der Waals surface area contributed by atoms with Crippen molar-refractivity contribution in [1.82, 2.24) is 10.3 Å². The number of amides is 1. The van der Waals surface area contributed by atoms with E-state index in [9.17, 15) is 14.7 Å². The topological polar surface area (TPSA) is 109 Å². The Balaban J connectivity index is 2.11. The first-order valence-corrected chi connectivity index (χ1v) is 8.43. The molecule has 0 saturated carbocycles. The summed E-state index contributed by atoms with van der Waals surface area (Å²) in [5.41, 5.74) is -0.527. The van der Waals surface area contributed by atoms with E-state index in [4.69, 9.17) is 33.4 Å². The lowest BCUT2D eigenvalue weighted by Crippen LogP contribution is -2.33. The lowest BCUT2D eigenvalue weighted by Gasteiger charge is -2.23. The normalized spacial score (nSPS) is 11.2. The van der Waals surface area contributed by atoms with Crippen LogP contribution in [0.2, 0.25) is 0 Å². The molecule has 0 saturated heterocycles. The summed E-state index contributed by atoms with van der Waals surface area (Å²) in [4.78, 5) is 26.9. The molecule has 0 spiro atoms. The summed E-state index contributed by atoms with van der Waals surface area (Å²) in [6, 6.07) is 13.6. The van der Waals surface area contributed by atoms with E-state index >= 15 is 0 Å². The van der Waals surface area contributed by atoms with Crippen LogP contribution in [0.25, 0.3) is 10.8 Å². The second-order valence-corrected chi connectivity index (χ2v) is 6.29. The number of benzene rings is 2. The van der Waals surface area contributed by atoms with Gasteiger partial charge >= 0.3 is 5.97 Å². The molecule has 10 heteroatoms. The Morgan fingerprint density at radius 2 is 1.72 bits per heavy atom. The Morgan fingerprint density at radius 3 is 2.34 bits per heavy atom. The molecule has 0 aliphatic rings. The van der Waals surface area contributed by atoms with Crippen LogP contribution in [0.1, 0.15) is 16.2 Å². The van der Waals surface area contributed by atoms with E-state index in [1.54, 1.807) is 18.2 Å². The number of hydrogen-bond acceptors (Lipinski definition) is 5. The lowest BCUT2D eigenvalue weighted by molar-refractivity contribution is -0.135. The number of aromatic hydroxyl groups is 1. The second-order valence-electron chi connectivity index (χ2n) is 6.29. The monoisotopic (exact) mass is 382 g/mol. The van der Waals surface area contributed by atoms with Crippen molar-refractivity contribution in [2.24, 2.45) is 0 Å². The number of carboxylic acid groups (broad SMARTS) is 1. The molecule has 3 rings (SSSR count). The van der Waals surface area contributed by atoms with Gasteiger partial charge in [-0.25, -0.2) is 4.98 Å². The second kappa shape index (κ2) is 7.91. The smallest absolute Gasteiger partial charge is 0.322 e. The zero-order chi connectivity index (χ0) is 21.2. The number of aromatic nitrogens is 1. The summed E-state index contributed by atoms with van der Waals surface area (Å²) < 4.78 is 5.76. The lowest BCUT2D eigenvalue weighted by atomic mass is 9.41. The van der Waals surface area contributed by atoms with Gasteiger partial charge in [0.25, 0.3) is 5.91 Å². The van der Waals surface area contributed by atoms with Gasteiger partial charge in [-0.3, -0.25) is 9.59 Å². The van der Waals surface area contributed by atoms with E-state index in [1.807, 2.05) is 18.2 Å². The Morgan fingerprint density at radius 1 is 1.03 bits per heavy atom. The first-order valence-electron chi connectivity index (χ1n) is 8.43. The molecule has 0 atom stereocenters. The number of nitrogens with zero attached hydrogens (tertiary/aromatic N) is 1. The van der Waals surface area contributed by atoms with Gasteiger partial charge in [0.05, 0.1) is 23.5 Å². The van der Waals surface area contributed by atoms with E-state index in [1.165, 1.54) is 12.1 Å². The van der Waals surface area contributed by atoms with Crippen molar-refractivity contribution in [3.05, 3.63) is 59.9 Å². The van der Waals surface area contributed by atoms with Crippen molar-refractivity contribution in [2.75, 3.05) is 6.54 Å². The van der Waals surface area contributed by atoms with Gasteiger partial charge in [-0.05, 0) is 30.3 Å². The molecule has 6 radical (unpaired) electrons. The largest absolute Gasteiger partial charge is 0.505 e. The van der Waals surface area contributed by atoms with Gasteiger partial charge in [0.15, 0.2) is 11.4 Å². The number of aliphatic carboxylic acids is 1. The zero-order valence-electron chi connectivity index (χ0n) is 15.1. The third-order valence-corrected chi connectivity index (χ3v) is 3.95. The third kappa shape index (κ3) is 4.54. The van der Waals surface area contributed by atoms with E-state index in [0.717, 1.165) is 0 Å². The molecule has 0 aliphatic carbocycles. The van der Waals surface area contributed by atoms with Crippen LogP contribution >= 0.6 is 0 Å². The Kier molecular flexibility index (Phi) is 5.54. The van der Waals surface area contributed by atoms with Crippen LogP contribution in [0.4, 0.5) is 0 Å². The van der Waals surface area contributed by atoms with Crippen LogP contribution in [0, 0.1) is 0 Å². The summed E-state index contributed by atoms with van der Waals surface area (Å²) in [6.07, 6.45) is 0. The highest BCUT2D eigenvalue weighted by molar-refractivity contribution is 6.59. The number of para-hydroxylation sites is 1. The van der Waals surface area contributed by atoms with Crippen molar-refractivity contribution in [1.29, 1.82) is 0 Å². The van der Waals surface area contributed by atoms with Crippen LogP contribution in [-0.4, -0.2) is 57.2 Å². The van der Waals surface area contributed by atoms with E-state index in [2.05, 4.69) is 10.3 Å². The van der Waals surface area contributed by atoms with Gasteiger partial charge in [-0.1, -0.05) is 23.3 Å². The Bertz CT molecular complexity index is 1080. The number of ether oxygens (including phenoxy) is 1. The van der Waals surface area contributed by atoms with Crippen molar-refractivity contribution in [3.8, 4) is 17.2 Å². The summed E-state index contributed by atoms with van der Waals surface area (Å²) in [6.45, 7) is -0.657. The molecular weight excluding hydrogens is 369 g/mol. The minimum absolute atomic E-state index is 0.0794. The summed E-state index contributed by atoms with van der Waals surface area (Å²) >= 11 is 0. The van der Waals surface area contributed by atoms with Gasteiger partial charge < -0.3 is 20.3 Å². The van der Waals surface area contributed by atoms with Crippen LogP contribution in [0.5, 0.6) is 17.2 Å². The SMILES string of the molecule is [B]C([B])([B])c1nc(C(=O)NCC(=O)O)c(O)c2ccc(Oc3ccccc3)cc12. The van der Waals surface area contributed by atoms with E-state index in [-0.39, 0.29) is 16.5 Å². The number of hydrogen-bond donors (Lipinski definition) is 3. The molecule has 0 fully saturated rings. The maximum Gasteiger partial charge on any atom is 0.322 e. The quantitative estimate of drug-likeness (QED) is 0.553. The number of nitrogens with one attached hydrogen (secondary N) is 1. The fourth-order valence-corrected chi connectivity index (χ4v) is 2.69. The fourth-order valence-electron chi connectivity index (χ4n) is 2.69. The number of carbonyl (C=O) groups is 2. The molecule has 3 aromatic rings. The van der Waals surface area contributed by atoms with Gasteiger partial charge in [-0.2, -0.15) is 0 Å². The van der Waals surface area contributed by atoms with Gasteiger partial charge in [0, 0.05) is 16.5 Å². The van der Waals surface area contributed by atoms with E-state index in [0.29, 0.717) is 11.5 Å². The predicted octanol–water partition coefficient (Wildman–Crippen LogP) is 1.16. The number of rotatable bonds is 6. The van der Waals surface area contributed by atoms with Crippen LogP contribution in [0.3, 0.4) is 0 Å². The summed E-state index contributed by atoms with van der Waals surface area (Å²) in [5.74, 6) is -1.66. The third-order valence-electron chi connectivity index (χ3n) is 3.95. The number of carboxylic acids is 1. The Labute approximate surface area is 170 Å². The van der Waals surface area contributed by atoms with Gasteiger partial charge in [0.1, 0.15) is 18.0 Å². The Hall–Kier alpha value is -3.42. The van der Waals surface area contributed by atoms with Gasteiger partial charge in [0.2, 0.25) is 0 Å². The molecule has 0 unspecified atom stereocenters. The molecule has 1 heterocycles. The van der Waals surface area contributed by atoms with Gasteiger partial charge in [-0.15, -0.1) is 0 Å². The molecule has 3 N–H and O–H groups in total. The average Bonchev–Trinajstić information content (AvgIpc) is 2.66. The molecule has 138 valence electrons. The highest BCUT2D eigenvalue weighted by Crippen LogP contribution is 2.35. The maximum atomic E-state index is 12.3. The van der Waals surface area contributed by atoms with Crippen LogP contribution in [-0.2, 0) is 9.91 Å². The minimum Gasteiger partial charge on any atom is -0.505 e. The van der Waals surface area contributed by atoms with Crippen molar-refractivity contribution < 1.29 is 24.5 Å². The number of carbonyl (C=O) groups excluding carboxylic acids is 1. The molecule has 1 amide bonds. The molecule has 0 aliphatic heterocycles. The highest BCUT2D eigenvalue weighted by atomic mass is 16.5. The maximum absolute atomic E-state index is 12.3. The molecule has 29 heavy (non-hydrogen) atoms. The summed E-state index contributed by atoms with van der Waals surface area (Å²) in [5, 5.41) is 19.9. The molecule has 0 bridgehead atoms. The van der Waals surface area contributed by atoms with Crippen molar-refractivity contribution >= 4 is 46.2 Å². The number of pyridine rings is 1. The number of fused-ring (bicyclic) bond motifs is 1. The molecule has 1 aromatic heterocycles. The first-order chi connectivity index (χ1) is 13.7. The predicted molar refractivity (Wildman–Crippen MR) is 109 cm³/mol. The van der Waals surface area contributed by atoms with Crippen molar-refractivity contribution in [3.63, 3.8) is 0 Å². The van der Waals surface area contributed by atoms with Crippen molar-refractivity contribution in [2.45, 2.75) is 5.11 Å². The van der Waals surface area contributed by atoms with E-state index < -0.39 is 35.0 Å².